The summed E-state index contributed by atoms with van der Waals surface area (Å²) in [6, 6.07) is 24.7. The second-order valence-corrected chi connectivity index (χ2v) is 6.84. The Balaban J connectivity index is 1.62. The Labute approximate surface area is 163 Å². The minimum atomic E-state index is -0.240. The van der Waals surface area contributed by atoms with E-state index in [1.54, 1.807) is 16.8 Å². The van der Waals surface area contributed by atoms with Crippen LogP contribution in [-0.2, 0) is 6.54 Å². The van der Waals surface area contributed by atoms with E-state index >= 15 is 0 Å². The zero-order valence-electron chi connectivity index (χ0n) is 15.6. The molecule has 0 bridgehead atoms. The van der Waals surface area contributed by atoms with E-state index in [0.717, 1.165) is 27.6 Å². The number of nitrogens with zero attached hydrogens (tertiary/aromatic N) is 1. The van der Waals surface area contributed by atoms with Gasteiger partial charge in [-0.25, -0.2) is 0 Å². The van der Waals surface area contributed by atoms with E-state index in [2.05, 4.69) is 5.32 Å². The van der Waals surface area contributed by atoms with Crippen molar-refractivity contribution >= 4 is 22.4 Å². The van der Waals surface area contributed by atoms with E-state index in [4.69, 9.17) is 0 Å². The Morgan fingerprint density at radius 1 is 0.893 bits per heavy atom. The number of pyridine rings is 1. The van der Waals surface area contributed by atoms with Crippen molar-refractivity contribution in [1.29, 1.82) is 0 Å². The van der Waals surface area contributed by atoms with Crippen LogP contribution >= 0.6 is 0 Å². The molecular weight excluding hydrogens is 348 g/mol. The van der Waals surface area contributed by atoms with E-state index in [-0.39, 0.29) is 11.5 Å². The zero-order valence-corrected chi connectivity index (χ0v) is 15.6. The second kappa shape index (κ2) is 7.53. The molecule has 0 aliphatic carbocycles. The number of aryl methyl sites for hydroxylation is 1. The van der Waals surface area contributed by atoms with Crippen LogP contribution in [0.2, 0.25) is 0 Å². The van der Waals surface area contributed by atoms with Crippen LogP contribution in [0.3, 0.4) is 0 Å². The molecule has 4 rings (SSSR count). The van der Waals surface area contributed by atoms with Gasteiger partial charge in [0, 0.05) is 18.0 Å². The van der Waals surface area contributed by atoms with E-state index in [1.165, 1.54) is 6.07 Å². The Kier molecular flexibility index (Phi) is 4.77. The first kappa shape index (κ1) is 17.7. The summed E-state index contributed by atoms with van der Waals surface area (Å²) in [5, 5.41) is 5.10. The van der Waals surface area contributed by atoms with Crippen LogP contribution in [0.15, 0.2) is 89.9 Å². The number of carbonyl (C=O) groups is 1. The highest BCUT2D eigenvalue weighted by molar-refractivity contribution is 6.04. The average Bonchev–Trinajstić information content (AvgIpc) is 2.71. The van der Waals surface area contributed by atoms with Gasteiger partial charge in [0.25, 0.3) is 11.5 Å². The van der Waals surface area contributed by atoms with Crippen LogP contribution < -0.4 is 10.9 Å². The van der Waals surface area contributed by atoms with Crippen molar-refractivity contribution in [2.75, 3.05) is 5.32 Å². The summed E-state index contributed by atoms with van der Waals surface area (Å²) >= 11 is 0. The molecule has 28 heavy (non-hydrogen) atoms. The fraction of sp³-hybridized carbons (Fsp3) is 0.0833. The lowest BCUT2D eigenvalue weighted by Gasteiger charge is -2.11. The van der Waals surface area contributed by atoms with Crippen molar-refractivity contribution < 1.29 is 4.79 Å². The molecule has 0 aliphatic heterocycles. The van der Waals surface area contributed by atoms with Crippen molar-refractivity contribution in [3.8, 4) is 0 Å². The molecule has 3 aromatic carbocycles. The summed E-state index contributed by atoms with van der Waals surface area (Å²) in [6.45, 7) is 2.40. The summed E-state index contributed by atoms with van der Waals surface area (Å²) in [6.07, 6.45) is 1.62. The summed E-state index contributed by atoms with van der Waals surface area (Å²) in [5.74, 6) is -0.240. The molecule has 0 atom stereocenters. The van der Waals surface area contributed by atoms with Gasteiger partial charge in [-0.3, -0.25) is 9.59 Å². The molecule has 1 heterocycles. The molecule has 0 unspecified atom stereocenters. The summed E-state index contributed by atoms with van der Waals surface area (Å²) in [4.78, 5) is 25.0. The number of rotatable bonds is 4. The van der Waals surface area contributed by atoms with E-state index in [1.807, 2.05) is 73.7 Å². The standard InChI is InChI=1S/C24H20N2O2/c1-17-9-12-21(13-10-17)25-24(28)20-11-14-23(27)26(16-20)15-19-7-4-6-18-5-2-3-8-22(18)19/h2-14,16H,15H2,1H3,(H,25,28). The van der Waals surface area contributed by atoms with Gasteiger partial charge in [-0.15, -0.1) is 0 Å². The average molecular weight is 368 g/mol. The largest absolute Gasteiger partial charge is 0.322 e. The first-order valence-corrected chi connectivity index (χ1v) is 9.15. The topological polar surface area (TPSA) is 51.1 Å². The molecule has 1 amide bonds. The maximum atomic E-state index is 12.6. The van der Waals surface area contributed by atoms with Gasteiger partial charge in [0.05, 0.1) is 12.1 Å². The van der Waals surface area contributed by atoms with Crippen LogP contribution in [0, 0.1) is 6.92 Å². The van der Waals surface area contributed by atoms with Gasteiger partial charge in [0.1, 0.15) is 0 Å². The minimum Gasteiger partial charge on any atom is -0.322 e. The van der Waals surface area contributed by atoms with Crippen molar-refractivity contribution in [1.82, 2.24) is 4.57 Å². The number of amides is 1. The third-order valence-corrected chi connectivity index (χ3v) is 4.78. The molecule has 4 aromatic rings. The molecule has 0 saturated heterocycles. The summed E-state index contributed by atoms with van der Waals surface area (Å²) < 4.78 is 1.58. The van der Waals surface area contributed by atoms with Gasteiger partial charge in [-0.1, -0.05) is 60.2 Å². The van der Waals surface area contributed by atoms with Crippen LogP contribution in [0.4, 0.5) is 5.69 Å². The Morgan fingerprint density at radius 3 is 2.46 bits per heavy atom. The fourth-order valence-electron chi connectivity index (χ4n) is 3.24. The SMILES string of the molecule is Cc1ccc(NC(=O)c2ccc(=O)n(Cc3cccc4ccccc34)c2)cc1. The van der Waals surface area contributed by atoms with Gasteiger partial charge in [0.2, 0.25) is 0 Å². The molecule has 0 fully saturated rings. The smallest absolute Gasteiger partial charge is 0.257 e. The van der Waals surface area contributed by atoms with Crippen molar-refractivity contribution in [3.63, 3.8) is 0 Å². The number of carbonyl (C=O) groups excluding carboxylic acids is 1. The minimum absolute atomic E-state index is 0.139. The number of anilines is 1. The lowest BCUT2D eigenvalue weighted by Crippen LogP contribution is -2.22. The van der Waals surface area contributed by atoms with Crippen molar-refractivity contribution in [3.05, 3.63) is 112 Å². The highest BCUT2D eigenvalue weighted by Gasteiger charge is 2.09. The predicted molar refractivity (Wildman–Crippen MR) is 113 cm³/mol. The van der Waals surface area contributed by atoms with Gasteiger partial charge in [0.15, 0.2) is 0 Å². The number of aromatic nitrogens is 1. The van der Waals surface area contributed by atoms with Crippen molar-refractivity contribution in [2.45, 2.75) is 13.5 Å². The second-order valence-electron chi connectivity index (χ2n) is 6.84. The number of nitrogens with one attached hydrogen (secondary N) is 1. The molecular formula is C24H20N2O2. The number of benzene rings is 3. The third-order valence-electron chi connectivity index (χ3n) is 4.78. The van der Waals surface area contributed by atoms with Gasteiger partial charge in [-0.05, 0) is 41.5 Å². The lowest BCUT2D eigenvalue weighted by atomic mass is 10.0. The quantitative estimate of drug-likeness (QED) is 0.572. The highest BCUT2D eigenvalue weighted by atomic mass is 16.2. The molecule has 4 heteroatoms. The molecule has 1 aromatic heterocycles. The molecule has 0 saturated carbocycles. The van der Waals surface area contributed by atoms with E-state index in [0.29, 0.717) is 12.1 Å². The van der Waals surface area contributed by atoms with E-state index in [9.17, 15) is 9.59 Å². The van der Waals surface area contributed by atoms with Gasteiger partial charge < -0.3 is 9.88 Å². The first-order valence-electron chi connectivity index (χ1n) is 9.15. The Hall–Kier alpha value is -3.66. The maximum Gasteiger partial charge on any atom is 0.257 e. The Morgan fingerprint density at radius 2 is 1.64 bits per heavy atom. The molecule has 0 radical (unpaired) electrons. The van der Waals surface area contributed by atoms with Crippen molar-refractivity contribution in [2.24, 2.45) is 0 Å². The van der Waals surface area contributed by atoms with E-state index < -0.39 is 0 Å². The molecule has 138 valence electrons. The maximum absolute atomic E-state index is 12.6. The molecule has 4 nitrogen and oxygen atoms in total. The van der Waals surface area contributed by atoms with Gasteiger partial charge >= 0.3 is 0 Å². The number of fused-ring (bicyclic) bond motifs is 1. The van der Waals surface area contributed by atoms with Crippen LogP contribution in [0.5, 0.6) is 0 Å². The van der Waals surface area contributed by atoms with Crippen LogP contribution in [0.1, 0.15) is 21.5 Å². The van der Waals surface area contributed by atoms with Gasteiger partial charge in [-0.2, -0.15) is 0 Å². The van der Waals surface area contributed by atoms with Crippen LogP contribution in [-0.4, -0.2) is 10.5 Å². The normalized spacial score (nSPS) is 10.8. The number of hydrogen-bond acceptors (Lipinski definition) is 2. The Bertz CT molecular complexity index is 1200. The molecule has 0 spiro atoms. The predicted octanol–water partition coefficient (Wildman–Crippen LogP) is 4.61. The molecule has 0 aliphatic rings. The first-order chi connectivity index (χ1) is 13.6. The monoisotopic (exact) mass is 368 g/mol. The summed E-state index contributed by atoms with van der Waals surface area (Å²) in [7, 11) is 0. The lowest BCUT2D eigenvalue weighted by molar-refractivity contribution is 0.102. The molecule has 1 N–H and O–H groups in total. The fourth-order valence-corrected chi connectivity index (χ4v) is 3.24. The third kappa shape index (κ3) is 3.71. The zero-order chi connectivity index (χ0) is 19.5. The summed E-state index contributed by atoms with van der Waals surface area (Å²) in [5.41, 5.74) is 3.19. The number of hydrogen-bond donors (Lipinski definition) is 1. The van der Waals surface area contributed by atoms with Crippen LogP contribution in [0.25, 0.3) is 10.8 Å². The highest BCUT2D eigenvalue weighted by Crippen LogP contribution is 2.19.